The van der Waals surface area contributed by atoms with Crippen molar-refractivity contribution in [3.8, 4) is 0 Å². The summed E-state index contributed by atoms with van der Waals surface area (Å²) < 4.78 is 0. The third-order valence-corrected chi connectivity index (χ3v) is 3.60. The minimum absolute atomic E-state index is 0.161. The van der Waals surface area contributed by atoms with Crippen molar-refractivity contribution in [3.05, 3.63) is 59.4 Å². The lowest BCUT2D eigenvalue weighted by Gasteiger charge is -2.23. The zero-order valence-electron chi connectivity index (χ0n) is 11.8. The van der Waals surface area contributed by atoms with Gasteiger partial charge in [0.15, 0.2) is 0 Å². The highest BCUT2D eigenvalue weighted by Gasteiger charge is 2.26. The number of aliphatic carboxylic acids is 1. The molecule has 20 heavy (non-hydrogen) atoms. The van der Waals surface area contributed by atoms with Crippen LogP contribution < -0.4 is 5.32 Å². The number of carboxylic acids is 1. The first-order valence-corrected chi connectivity index (χ1v) is 7.18. The molecule has 1 unspecified atom stereocenters. The third kappa shape index (κ3) is 3.29. The van der Waals surface area contributed by atoms with E-state index in [9.17, 15) is 9.90 Å². The molecule has 0 bridgehead atoms. The summed E-state index contributed by atoms with van der Waals surface area (Å²) in [6.07, 6.45) is 7.85. The van der Waals surface area contributed by atoms with Crippen molar-refractivity contribution >= 4 is 5.97 Å². The summed E-state index contributed by atoms with van der Waals surface area (Å²) in [7, 11) is 0. The Morgan fingerprint density at radius 1 is 1.25 bits per heavy atom. The van der Waals surface area contributed by atoms with Gasteiger partial charge in [0.1, 0.15) is 0 Å². The molecule has 0 spiro atoms. The van der Waals surface area contributed by atoms with Crippen molar-refractivity contribution < 1.29 is 9.90 Å². The molecular formula is C17H21NO2. The van der Waals surface area contributed by atoms with E-state index in [0.717, 1.165) is 36.9 Å². The molecule has 0 amide bonds. The SMILES string of the molecule is CCCCCC1=C(C(=O)O)C(c2ccccc2)C=CN1. The van der Waals surface area contributed by atoms with E-state index < -0.39 is 5.97 Å². The van der Waals surface area contributed by atoms with Gasteiger partial charge in [-0.2, -0.15) is 0 Å². The molecule has 0 aliphatic carbocycles. The molecule has 1 atom stereocenters. The van der Waals surface area contributed by atoms with Gasteiger partial charge in [0.2, 0.25) is 0 Å². The zero-order chi connectivity index (χ0) is 14.4. The molecule has 0 saturated carbocycles. The van der Waals surface area contributed by atoms with Crippen LogP contribution in [0.4, 0.5) is 0 Å². The Balaban J connectivity index is 2.28. The number of dihydropyridines is 1. The fourth-order valence-corrected chi connectivity index (χ4v) is 2.57. The van der Waals surface area contributed by atoms with E-state index in [0.29, 0.717) is 5.57 Å². The molecule has 1 aliphatic rings. The molecule has 106 valence electrons. The molecule has 2 rings (SSSR count). The van der Waals surface area contributed by atoms with E-state index in [4.69, 9.17) is 0 Å². The van der Waals surface area contributed by atoms with Crippen LogP contribution >= 0.6 is 0 Å². The maximum Gasteiger partial charge on any atom is 0.334 e. The van der Waals surface area contributed by atoms with Gasteiger partial charge in [-0.15, -0.1) is 0 Å². The second kappa shape index (κ2) is 6.94. The topological polar surface area (TPSA) is 49.3 Å². The van der Waals surface area contributed by atoms with Gasteiger partial charge in [-0.05, 0) is 24.6 Å². The quantitative estimate of drug-likeness (QED) is 0.774. The Hall–Kier alpha value is -2.03. The van der Waals surface area contributed by atoms with E-state index in [2.05, 4.69) is 12.2 Å². The fourth-order valence-electron chi connectivity index (χ4n) is 2.57. The number of allylic oxidation sites excluding steroid dienone is 2. The van der Waals surface area contributed by atoms with Gasteiger partial charge in [0.25, 0.3) is 0 Å². The molecule has 1 heterocycles. The van der Waals surface area contributed by atoms with Crippen LogP contribution in [0.15, 0.2) is 53.9 Å². The van der Waals surface area contributed by atoms with Gasteiger partial charge in [-0.1, -0.05) is 56.2 Å². The van der Waals surface area contributed by atoms with Gasteiger partial charge in [-0.3, -0.25) is 0 Å². The minimum atomic E-state index is -0.831. The first kappa shape index (κ1) is 14.4. The van der Waals surface area contributed by atoms with Gasteiger partial charge in [0.05, 0.1) is 5.57 Å². The molecule has 3 nitrogen and oxygen atoms in total. The Kier molecular flexibility index (Phi) is 4.99. The van der Waals surface area contributed by atoms with Gasteiger partial charge >= 0.3 is 5.97 Å². The monoisotopic (exact) mass is 271 g/mol. The minimum Gasteiger partial charge on any atom is -0.478 e. The van der Waals surface area contributed by atoms with Crippen LogP contribution in [0.3, 0.4) is 0 Å². The van der Waals surface area contributed by atoms with Crippen LogP contribution in [0.25, 0.3) is 0 Å². The number of hydrogen-bond donors (Lipinski definition) is 2. The molecule has 1 aromatic rings. The lowest BCUT2D eigenvalue weighted by molar-refractivity contribution is -0.133. The van der Waals surface area contributed by atoms with Crippen molar-refractivity contribution in [2.45, 2.75) is 38.5 Å². The number of unbranched alkanes of at least 4 members (excludes halogenated alkanes) is 2. The number of hydrogen-bond acceptors (Lipinski definition) is 2. The lowest BCUT2D eigenvalue weighted by atomic mass is 9.87. The third-order valence-electron chi connectivity index (χ3n) is 3.60. The van der Waals surface area contributed by atoms with Crippen LogP contribution in [0.1, 0.15) is 44.1 Å². The van der Waals surface area contributed by atoms with Crippen LogP contribution in [0, 0.1) is 0 Å². The largest absolute Gasteiger partial charge is 0.478 e. The summed E-state index contributed by atoms with van der Waals surface area (Å²) in [5, 5.41) is 12.7. The van der Waals surface area contributed by atoms with Crippen LogP contribution in [0.5, 0.6) is 0 Å². The molecule has 1 aromatic carbocycles. The van der Waals surface area contributed by atoms with Crippen LogP contribution in [0.2, 0.25) is 0 Å². The maximum absolute atomic E-state index is 11.6. The molecule has 0 aromatic heterocycles. The normalized spacial score (nSPS) is 17.9. The molecular weight excluding hydrogens is 250 g/mol. The summed E-state index contributed by atoms with van der Waals surface area (Å²) in [4.78, 5) is 11.6. The van der Waals surface area contributed by atoms with Crippen molar-refractivity contribution in [3.63, 3.8) is 0 Å². The maximum atomic E-state index is 11.6. The summed E-state index contributed by atoms with van der Waals surface area (Å²) >= 11 is 0. The highest BCUT2D eigenvalue weighted by molar-refractivity contribution is 5.90. The molecule has 0 fully saturated rings. The smallest absolute Gasteiger partial charge is 0.334 e. The first-order valence-electron chi connectivity index (χ1n) is 7.18. The highest BCUT2D eigenvalue weighted by Crippen LogP contribution is 2.31. The Morgan fingerprint density at radius 3 is 2.65 bits per heavy atom. The predicted octanol–water partition coefficient (Wildman–Crippen LogP) is 3.81. The zero-order valence-corrected chi connectivity index (χ0v) is 11.8. The van der Waals surface area contributed by atoms with Crippen molar-refractivity contribution in [2.75, 3.05) is 0 Å². The van der Waals surface area contributed by atoms with Crippen LogP contribution in [-0.4, -0.2) is 11.1 Å². The molecule has 1 aliphatic heterocycles. The second-order valence-corrected chi connectivity index (χ2v) is 5.05. The molecule has 2 N–H and O–H groups in total. The Labute approximate surface area is 120 Å². The fraction of sp³-hybridized carbons (Fsp3) is 0.353. The van der Waals surface area contributed by atoms with Crippen molar-refractivity contribution in [2.24, 2.45) is 0 Å². The van der Waals surface area contributed by atoms with E-state index in [-0.39, 0.29) is 5.92 Å². The summed E-state index contributed by atoms with van der Waals surface area (Å²) in [5.41, 5.74) is 2.35. The summed E-state index contributed by atoms with van der Waals surface area (Å²) in [6.45, 7) is 2.15. The van der Waals surface area contributed by atoms with Crippen molar-refractivity contribution in [1.82, 2.24) is 5.32 Å². The average molecular weight is 271 g/mol. The van der Waals surface area contributed by atoms with E-state index in [1.54, 1.807) is 0 Å². The molecule has 0 radical (unpaired) electrons. The second-order valence-electron chi connectivity index (χ2n) is 5.05. The number of benzene rings is 1. The highest BCUT2D eigenvalue weighted by atomic mass is 16.4. The van der Waals surface area contributed by atoms with Crippen molar-refractivity contribution in [1.29, 1.82) is 0 Å². The van der Waals surface area contributed by atoms with E-state index in [1.807, 2.05) is 42.6 Å². The van der Waals surface area contributed by atoms with Crippen LogP contribution in [-0.2, 0) is 4.79 Å². The van der Waals surface area contributed by atoms with Gasteiger partial charge in [-0.25, -0.2) is 4.79 Å². The van der Waals surface area contributed by atoms with E-state index in [1.165, 1.54) is 0 Å². The predicted molar refractivity (Wildman–Crippen MR) is 80.3 cm³/mol. The summed E-state index contributed by atoms with van der Waals surface area (Å²) in [5.74, 6) is -0.992. The number of carbonyl (C=O) groups is 1. The van der Waals surface area contributed by atoms with Gasteiger partial charge < -0.3 is 10.4 Å². The Bertz CT molecular complexity index is 517. The standard InChI is InChI=1S/C17H21NO2/c1-2-3-5-10-15-16(17(19)20)14(11-12-18-15)13-8-6-4-7-9-13/h4,6-9,11-12,14,18H,2-3,5,10H2,1H3,(H,19,20). The molecule has 3 heteroatoms. The Morgan fingerprint density at radius 2 is 2.00 bits per heavy atom. The lowest BCUT2D eigenvalue weighted by Crippen LogP contribution is -2.22. The average Bonchev–Trinajstić information content (AvgIpc) is 2.48. The molecule has 0 saturated heterocycles. The number of carboxylic acid groups (broad SMARTS) is 1. The summed E-state index contributed by atoms with van der Waals surface area (Å²) in [6, 6.07) is 9.79. The number of nitrogens with one attached hydrogen (secondary N) is 1. The van der Waals surface area contributed by atoms with E-state index >= 15 is 0 Å². The number of rotatable bonds is 6. The van der Waals surface area contributed by atoms with Gasteiger partial charge in [0, 0.05) is 11.6 Å². The first-order chi connectivity index (χ1) is 9.74.